The first-order valence-corrected chi connectivity index (χ1v) is 7.86. The van der Waals surface area contributed by atoms with Crippen LogP contribution in [0.3, 0.4) is 0 Å². The Morgan fingerprint density at radius 2 is 2.00 bits per heavy atom. The predicted molar refractivity (Wildman–Crippen MR) is 94.2 cm³/mol. The molecule has 0 atom stereocenters. The lowest BCUT2D eigenvalue weighted by atomic mass is 10.2. The van der Waals surface area contributed by atoms with Gasteiger partial charge in [-0.2, -0.15) is 10.2 Å². The van der Waals surface area contributed by atoms with Crippen LogP contribution in [-0.2, 0) is 6.54 Å². The van der Waals surface area contributed by atoms with Crippen LogP contribution in [0.2, 0.25) is 0 Å². The number of aromatic nitrogens is 5. The van der Waals surface area contributed by atoms with Crippen molar-refractivity contribution in [3.05, 3.63) is 75.4 Å². The Morgan fingerprint density at radius 3 is 2.76 bits per heavy atom. The molecular formula is C16H12N6O2S. The van der Waals surface area contributed by atoms with Gasteiger partial charge in [0.15, 0.2) is 10.6 Å². The van der Waals surface area contributed by atoms with Gasteiger partial charge in [-0.25, -0.2) is 0 Å². The van der Waals surface area contributed by atoms with Crippen LogP contribution in [0.4, 0.5) is 5.69 Å². The molecular weight excluding hydrogens is 340 g/mol. The fourth-order valence-electron chi connectivity index (χ4n) is 2.73. The summed E-state index contributed by atoms with van der Waals surface area (Å²) in [7, 11) is 0. The number of non-ortho nitro benzene ring substituents is 1. The summed E-state index contributed by atoms with van der Waals surface area (Å²) in [6.45, 7) is 0.378. The average molecular weight is 352 g/mol. The maximum absolute atomic E-state index is 10.9. The van der Waals surface area contributed by atoms with Crippen LogP contribution in [0.5, 0.6) is 0 Å². The maximum Gasteiger partial charge on any atom is 0.270 e. The lowest BCUT2D eigenvalue weighted by molar-refractivity contribution is -0.384. The SMILES string of the molecule is O=[N+]([O-])c1ccc2c(cnn2Cc2n[nH]c(=S)n2-c2ccccc2)c1. The van der Waals surface area contributed by atoms with E-state index in [1.807, 2.05) is 34.9 Å². The Morgan fingerprint density at radius 1 is 1.20 bits per heavy atom. The van der Waals surface area contributed by atoms with Gasteiger partial charge in [0.05, 0.1) is 16.6 Å². The van der Waals surface area contributed by atoms with Gasteiger partial charge in [-0.15, -0.1) is 0 Å². The zero-order valence-electron chi connectivity index (χ0n) is 12.9. The maximum atomic E-state index is 10.9. The molecule has 0 radical (unpaired) electrons. The smallest absolute Gasteiger partial charge is 0.270 e. The number of rotatable bonds is 4. The van der Waals surface area contributed by atoms with Gasteiger partial charge in [0.2, 0.25) is 0 Å². The van der Waals surface area contributed by atoms with Crippen LogP contribution in [0.25, 0.3) is 16.6 Å². The number of hydrogen-bond acceptors (Lipinski definition) is 5. The van der Waals surface area contributed by atoms with Gasteiger partial charge < -0.3 is 0 Å². The number of benzene rings is 2. The molecule has 4 rings (SSSR count). The molecule has 0 fully saturated rings. The van der Waals surface area contributed by atoms with Gasteiger partial charge in [0.25, 0.3) is 5.69 Å². The molecule has 2 aromatic heterocycles. The minimum atomic E-state index is -0.419. The van der Waals surface area contributed by atoms with Crippen molar-refractivity contribution in [2.75, 3.05) is 0 Å². The van der Waals surface area contributed by atoms with Crippen molar-refractivity contribution in [2.45, 2.75) is 6.54 Å². The van der Waals surface area contributed by atoms with E-state index in [1.165, 1.54) is 12.1 Å². The monoisotopic (exact) mass is 352 g/mol. The van der Waals surface area contributed by atoms with Gasteiger partial charge in [0.1, 0.15) is 6.54 Å². The lowest BCUT2D eigenvalue weighted by Gasteiger charge is -2.07. The number of nitrogens with one attached hydrogen (secondary N) is 1. The number of hydrogen-bond donors (Lipinski definition) is 1. The molecule has 0 aliphatic carbocycles. The van der Waals surface area contributed by atoms with Crippen molar-refractivity contribution in [3.63, 3.8) is 0 Å². The van der Waals surface area contributed by atoms with E-state index in [0.29, 0.717) is 22.5 Å². The molecule has 0 bridgehead atoms. The first-order chi connectivity index (χ1) is 12.1. The molecule has 8 nitrogen and oxygen atoms in total. The Labute approximate surface area is 146 Å². The number of para-hydroxylation sites is 1. The zero-order chi connectivity index (χ0) is 17.4. The minimum Gasteiger partial charge on any atom is -0.271 e. The van der Waals surface area contributed by atoms with E-state index in [9.17, 15) is 10.1 Å². The highest BCUT2D eigenvalue weighted by atomic mass is 32.1. The first-order valence-electron chi connectivity index (χ1n) is 7.45. The van der Waals surface area contributed by atoms with E-state index in [4.69, 9.17) is 12.2 Å². The Hall–Kier alpha value is -3.33. The quantitative estimate of drug-likeness (QED) is 0.346. The summed E-state index contributed by atoms with van der Waals surface area (Å²) < 4.78 is 4.07. The molecule has 0 aliphatic rings. The Kier molecular flexibility index (Phi) is 3.62. The van der Waals surface area contributed by atoms with E-state index in [-0.39, 0.29) is 5.69 Å². The number of nitro benzene ring substituents is 1. The van der Waals surface area contributed by atoms with E-state index < -0.39 is 4.92 Å². The van der Waals surface area contributed by atoms with Gasteiger partial charge in [0, 0.05) is 23.2 Å². The zero-order valence-corrected chi connectivity index (χ0v) is 13.7. The molecule has 0 unspecified atom stereocenters. The van der Waals surface area contributed by atoms with Crippen molar-refractivity contribution in [1.29, 1.82) is 0 Å². The summed E-state index contributed by atoms with van der Waals surface area (Å²) in [5.41, 5.74) is 1.74. The second-order valence-corrected chi connectivity index (χ2v) is 5.81. The number of aromatic amines is 1. The van der Waals surface area contributed by atoms with Crippen LogP contribution in [0, 0.1) is 14.9 Å². The van der Waals surface area contributed by atoms with Crippen molar-refractivity contribution in [1.82, 2.24) is 24.5 Å². The Balaban J connectivity index is 1.76. The summed E-state index contributed by atoms with van der Waals surface area (Å²) in [5, 5.41) is 23.0. The van der Waals surface area contributed by atoms with Crippen LogP contribution >= 0.6 is 12.2 Å². The van der Waals surface area contributed by atoms with Gasteiger partial charge in [-0.1, -0.05) is 18.2 Å². The number of nitrogens with zero attached hydrogens (tertiary/aromatic N) is 5. The van der Waals surface area contributed by atoms with E-state index in [0.717, 1.165) is 11.2 Å². The lowest BCUT2D eigenvalue weighted by Crippen LogP contribution is -2.08. The van der Waals surface area contributed by atoms with Crippen LogP contribution in [0.1, 0.15) is 5.82 Å². The second kappa shape index (κ2) is 5.95. The molecule has 25 heavy (non-hydrogen) atoms. The average Bonchev–Trinajstić information content (AvgIpc) is 3.19. The number of H-pyrrole nitrogens is 1. The molecule has 2 heterocycles. The summed E-state index contributed by atoms with van der Waals surface area (Å²) in [6.07, 6.45) is 1.61. The van der Waals surface area contributed by atoms with E-state index in [2.05, 4.69) is 15.3 Å². The van der Waals surface area contributed by atoms with Crippen molar-refractivity contribution in [2.24, 2.45) is 0 Å². The van der Waals surface area contributed by atoms with Crippen LogP contribution in [-0.4, -0.2) is 29.5 Å². The van der Waals surface area contributed by atoms with Gasteiger partial charge in [-0.3, -0.25) is 24.5 Å². The molecule has 2 aromatic carbocycles. The normalized spacial score (nSPS) is 11.0. The predicted octanol–water partition coefficient (Wildman–Crippen LogP) is 3.24. The largest absolute Gasteiger partial charge is 0.271 e. The summed E-state index contributed by atoms with van der Waals surface area (Å²) in [4.78, 5) is 10.5. The van der Waals surface area contributed by atoms with Crippen molar-refractivity contribution >= 4 is 28.8 Å². The third-order valence-corrected chi connectivity index (χ3v) is 4.16. The third-order valence-electron chi connectivity index (χ3n) is 3.88. The fourth-order valence-corrected chi connectivity index (χ4v) is 2.98. The van der Waals surface area contributed by atoms with Crippen LogP contribution in [0.15, 0.2) is 54.7 Å². The highest BCUT2D eigenvalue weighted by Gasteiger charge is 2.13. The summed E-state index contributed by atoms with van der Waals surface area (Å²) in [5.74, 6) is 0.694. The number of nitro groups is 1. The third kappa shape index (κ3) is 2.70. The van der Waals surface area contributed by atoms with E-state index in [1.54, 1.807) is 16.9 Å². The first kappa shape index (κ1) is 15.2. The highest BCUT2D eigenvalue weighted by Crippen LogP contribution is 2.21. The molecule has 124 valence electrons. The van der Waals surface area contributed by atoms with Gasteiger partial charge in [-0.05, 0) is 30.4 Å². The van der Waals surface area contributed by atoms with E-state index >= 15 is 0 Å². The summed E-state index contributed by atoms with van der Waals surface area (Å²) in [6, 6.07) is 14.3. The second-order valence-electron chi connectivity index (χ2n) is 5.42. The fraction of sp³-hybridized carbons (Fsp3) is 0.0625. The molecule has 9 heteroatoms. The molecule has 0 saturated heterocycles. The standard InChI is InChI=1S/C16H12N6O2S/c23-22(24)13-6-7-14-11(8-13)9-17-20(14)10-15-18-19-16(25)21(15)12-4-2-1-3-5-12/h1-9H,10H2,(H,19,25). The van der Waals surface area contributed by atoms with Crippen molar-refractivity contribution < 1.29 is 4.92 Å². The molecule has 4 aromatic rings. The summed E-state index contributed by atoms with van der Waals surface area (Å²) >= 11 is 5.33. The molecule has 0 spiro atoms. The highest BCUT2D eigenvalue weighted by molar-refractivity contribution is 7.71. The Bertz CT molecular complexity index is 1130. The topological polar surface area (TPSA) is 94.6 Å². The molecule has 1 N–H and O–H groups in total. The minimum absolute atomic E-state index is 0.0408. The van der Waals surface area contributed by atoms with Gasteiger partial charge >= 0.3 is 0 Å². The number of fused-ring (bicyclic) bond motifs is 1. The molecule has 0 aliphatic heterocycles. The van der Waals surface area contributed by atoms with Crippen molar-refractivity contribution in [3.8, 4) is 5.69 Å². The van der Waals surface area contributed by atoms with Crippen LogP contribution < -0.4 is 0 Å². The molecule has 0 saturated carbocycles. The molecule has 0 amide bonds.